The summed E-state index contributed by atoms with van der Waals surface area (Å²) in [5.41, 5.74) is 8.14. The molecule has 1 aromatic heterocycles. The highest BCUT2D eigenvalue weighted by Gasteiger charge is 2.07. The zero-order valence-electron chi connectivity index (χ0n) is 11.6. The summed E-state index contributed by atoms with van der Waals surface area (Å²) in [5.74, 6) is 0.724. The summed E-state index contributed by atoms with van der Waals surface area (Å²) in [6, 6.07) is 13.3. The molecule has 106 valence electrons. The normalized spacial score (nSPS) is 12.2. The molecule has 20 heavy (non-hydrogen) atoms. The molecule has 0 spiro atoms. The fourth-order valence-electron chi connectivity index (χ4n) is 1.97. The molecule has 1 atom stereocenters. The lowest BCUT2D eigenvalue weighted by Crippen LogP contribution is -2.07. The van der Waals surface area contributed by atoms with E-state index >= 15 is 0 Å². The Morgan fingerprint density at radius 2 is 2.05 bits per heavy atom. The second-order valence-electron chi connectivity index (χ2n) is 4.72. The molecule has 0 saturated carbocycles. The van der Waals surface area contributed by atoms with E-state index in [2.05, 4.69) is 4.98 Å². The lowest BCUT2D eigenvalue weighted by Gasteiger charge is -2.12. The molecule has 0 aliphatic rings. The topological polar surface area (TPSA) is 68.4 Å². The largest absolute Gasteiger partial charge is 0.487 e. The van der Waals surface area contributed by atoms with Crippen LogP contribution in [0.2, 0.25) is 0 Å². The predicted octanol–water partition coefficient (Wildman–Crippen LogP) is 2.35. The van der Waals surface area contributed by atoms with Crippen molar-refractivity contribution in [3.8, 4) is 5.75 Å². The summed E-state index contributed by atoms with van der Waals surface area (Å²) in [7, 11) is 0. The van der Waals surface area contributed by atoms with Crippen molar-refractivity contribution in [2.24, 2.45) is 5.73 Å². The van der Waals surface area contributed by atoms with Gasteiger partial charge in [0.2, 0.25) is 0 Å². The van der Waals surface area contributed by atoms with Crippen LogP contribution in [-0.4, -0.2) is 16.6 Å². The molecule has 1 unspecified atom stereocenters. The van der Waals surface area contributed by atoms with Crippen molar-refractivity contribution in [1.29, 1.82) is 0 Å². The van der Waals surface area contributed by atoms with E-state index in [-0.39, 0.29) is 0 Å². The first-order valence-electron chi connectivity index (χ1n) is 6.72. The average Bonchev–Trinajstić information content (AvgIpc) is 2.46. The minimum absolute atomic E-state index is 0.415. The molecule has 0 fully saturated rings. The summed E-state index contributed by atoms with van der Waals surface area (Å²) >= 11 is 0. The van der Waals surface area contributed by atoms with Gasteiger partial charge in [0, 0.05) is 5.69 Å². The maximum Gasteiger partial charge on any atom is 0.130 e. The van der Waals surface area contributed by atoms with Gasteiger partial charge in [-0.2, -0.15) is 0 Å². The molecule has 2 aromatic rings. The zero-order chi connectivity index (χ0) is 14.4. The van der Waals surface area contributed by atoms with Gasteiger partial charge in [0.05, 0.1) is 11.8 Å². The van der Waals surface area contributed by atoms with Gasteiger partial charge in [-0.05, 0) is 49.7 Å². The van der Waals surface area contributed by atoms with E-state index in [1.807, 2.05) is 49.4 Å². The Balaban J connectivity index is 2.01. The van der Waals surface area contributed by atoms with Crippen molar-refractivity contribution in [2.75, 3.05) is 6.54 Å². The van der Waals surface area contributed by atoms with Crippen LogP contribution < -0.4 is 10.5 Å². The van der Waals surface area contributed by atoms with Crippen LogP contribution in [0.1, 0.15) is 29.5 Å². The van der Waals surface area contributed by atoms with Gasteiger partial charge >= 0.3 is 0 Å². The number of aliphatic hydroxyl groups is 1. The van der Waals surface area contributed by atoms with Crippen LogP contribution in [0.4, 0.5) is 0 Å². The Morgan fingerprint density at radius 3 is 2.80 bits per heavy atom. The van der Waals surface area contributed by atoms with Gasteiger partial charge in [-0.3, -0.25) is 4.98 Å². The second kappa shape index (κ2) is 7.03. The minimum atomic E-state index is -0.541. The van der Waals surface area contributed by atoms with Crippen molar-refractivity contribution in [3.63, 3.8) is 0 Å². The van der Waals surface area contributed by atoms with Crippen LogP contribution in [0.25, 0.3) is 0 Å². The molecule has 0 amide bonds. The molecular formula is C16H20N2O2. The first-order chi connectivity index (χ1) is 9.69. The number of aliphatic hydroxyl groups excluding tert-OH is 1. The van der Waals surface area contributed by atoms with E-state index in [0.717, 1.165) is 22.7 Å². The highest BCUT2D eigenvalue weighted by Crippen LogP contribution is 2.21. The molecule has 0 bridgehead atoms. The highest BCUT2D eigenvalue weighted by molar-refractivity contribution is 5.30. The van der Waals surface area contributed by atoms with E-state index < -0.39 is 6.10 Å². The fourth-order valence-corrected chi connectivity index (χ4v) is 1.97. The summed E-state index contributed by atoms with van der Waals surface area (Å²) < 4.78 is 5.71. The lowest BCUT2D eigenvalue weighted by molar-refractivity contribution is 0.169. The molecule has 0 aliphatic heterocycles. The third-order valence-corrected chi connectivity index (χ3v) is 3.02. The van der Waals surface area contributed by atoms with Crippen LogP contribution in [0, 0.1) is 6.92 Å². The predicted molar refractivity (Wildman–Crippen MR) is 78.4 cm³/mol. The van der Waals surface area contributed by atoms with E-state index in [0.29, 0.717) is 19.6 Å². The molecule has 3 N–H and O–H groups in total. The first-order valence-corrected chi connectivity index (χ1v) is 6.72. The van der Waals surface area contributed by atoms with Gasteiger partial charge in [0.1, 0.15) is 12.4 Å². The molecule has 1 aromatic carbocycles. The van der Waals surface area contributed by atoms with Gasteiger partial charge < -0.3 is 15.6 Å². The van der Waals surface area contributed by atoms with Crippen molar-refractivity contribution in [3.05, 3.63) is 59.4 Å². The van der Waals surface area contributed by atoms with Crippen LogP contribution in [0.3, 0.4) is 0 Å². The molecule has 2 rings (SSSR count). The third kappa shape index (κ3) is 4.05. The second-order valence-corrected chi connectivity index (χ2v) is 4.72. The van der Waals surface area contributed by atoms with Crippen LogP contribution >= 0.6 is 0 Å². The van der Waals surface area contributed by atoms with E-state index in [1.165, 1.54) is 0 Å². The van der Waals surface area contributed by atoms with Crippen molar-refractivity contribution >= 4 is 0 Å². The summed E-state index contributed by atoms with van der Waals surface area (Å²) in [4.78, 5) is 4.38. The van der Waals surface area contributed by atoms with E-state index in [4.69, 9.17) is 10.5 Å². The van der Waals surface area contributed by atoms with Crippen molar-refractivity contribution in [2.45, 2.75) is 26.1 Å². The maximum atomic E-state index is 9.92. The zero-order valence-corrected chi connectivity index (χ0v) is 11.6. The number of aryl methyl sites for hydroxylation is 1. The van der Waals surface area contributed by atoms with Crippen LogP contribution in [0.5, 0.6) is 5.75 Å². The lowest BCUT2D eigenvalue weighted by atomic mass is 10.1. The minimum Gasteiger partial charge on any atom is -0.487 e. The fraction of sp³-hybridized carbons (Fsp3) is 0.312. The number of benzene rings is 1. The van der Waals surface area contributed by atoms with Gasteiger partial charge in [-0.1, -0.05) is 18.2 Å². The molecular weight excluding hydrogens is 252 g/mol. The maximum absolute atomic E-state index is 9.92. The van der Waals surface area contributed by atoms with Gasteiger partial charge in [0.15, 0.2) is 0 Å². The average molecular weight is 272 g/mol. The third-order valence-electron chi connectivity index (χ3n) is 3.02. The number of aromatic nitrogens is 1. The SMILES string of the molecule is Cc1cccc(COc2cccc(C(O)CCN)c2)n1. The number of ether oxygens (including phenoxy) is 1. The summed E-state index contributed by atoms with van der Waals surface area (Å²) in [6.07, 6.45) is 0.00346. The number of hydrogen-bond acceptors (Lipinski definition) is 4. The smallest absolute Gasteiger partial charge is 0.130 e. The molecule has 0 aliphatic carbocycles. The van der Waals surface area contributed by atoms with Gasteiger partial charge in [0.25, 0.3) is 0 Å². The van der Waals surface area contributed by atoms with Gasteiger partial charge in [-0.15, -0.1) is 0 Å². The molecule has 4 nitrogen and oxygen atoms in total. The van der Waals surface area contributed by atoms with Crippen LogP contribution in [0.15, 0.2) is 42.5 Å². The molecule has 1 heterocycles. The Kier molecular flexibility index (Phi) is 5.09. The number of pyridine rings is 1. The van der Waals surface area contributed by atoms with Crippen molar-refractivity contribution in [1.82, 2.24) is 4.98 Å². The number of nitrogens with zero attached hydrogens (tertiary/aromatic N) is 1. The Hall–Kier alpha value is -1.91. The van der Waals surface area contributed by atoms with E-state index in [1.54, 1.807) is 0 Å². The Bertz CT molecular complexity index is 558. The standard InChI is InChI=1S/C16H20N2O2/c1-12-4-2-6-14(18-12)11-20-15-7-3-5-13(10-15)16(19)8-9-17/h2-7,10,16,19H,8-9,11,17H2,1H3. The Labute approximate surface area is 119 Å². The van der Waals surface area contributed by atoms with Crippen LogP contribution in [-0.2, 0) is 6.61 Å². The number of nitrogens with two attached hydrogens (primary N) is 1. The molecule has 0 saturated heterocycles. The highest BCUT2D eigenvalue weighted by atomic mass is 16.5. The quantitative estimate of drug-likeness (QED) is 0.847. The summed E-state index contributed by atoms with van der Waals surface area (Å²) in [6.45, 7) is 2.82. The Morgan fingerprint density at radius 1 is 1.25 bits per heavy atom. The number of hydrogen-bond donors (Lipinski definition) is 2. The number of rotatable bonds is 6. The monoisotopic (exact) mass is 272 g/mol. The van der Waals surface area contributed by atoms with Crippen molar-refractivity contribution < 1.29 is 9.84 Å². The molecule has 0 radical (unpaired) electrons. The summed E-state index contributed by atoms with van der Waals surface area (Å²) in [5, 5.41) is 9.92. The molecule has 4 heteroatoms. The van der Waals surface area contributed by atoms with E-state index in [9.17, 15) is 5.11 Å². The first kappa shape index (κ1) is 14.5. The van der Waals surface area contributed by atoms with Gasteiger partial charge in [-0.25, -0.2) is 0 Å².